The Labute approximate surface area is 189 Å². The maximum Gasteiger partial charge on any atom is 0.340 e. The molecule has 1 heterocycles. The summed E-state index contributed by atoms with van der Waals surface area (Å²) in [6, 6.07) is 9.00. The smallest absolute Gasteiger partial charge is 0.340 e. The maximum absolute atomic E-state index is 12.3. The van der Waals surface area contributed by atoms with E-state index in [1.165, 1.54) is 0 Å². The minimum atomic E-state index is -0.920. The molecule has 1 unspecified atom stereocenters. The molecule has 0 saturated carbocycles. The quantitative estimate of drug-likeness (QED) is 0.336. The van der Waals surface area contributed by atoms with Crippen molar-refractivity contribution in [2.75, 3.05) is 52.4 Å². The minimum absolute atomic E-state index is 0.135. The lowest BCUT2D eigenvalue weighted by molar-refractivity contribution is -0.393. The summed E-state index contributed by atoms with van der Waals surface area (Å²) in [6.07, 6.45) is 0. The normalized spacial score (nSPS) is 14.8. The predicted molar refractivity (Wildman–Crippen MR) is 118 cm³/mol. The van der Waals surface area contributed by atoms with Crippen LogP contribution in [-0.2, 0) is 9.47 Å². The van der Waals surface area contributed by atoms with Gasteiger partial charge in [-0.15, -0.1) is 0 Å². The first-order valence-corrected chi connectivity index (χ1v) is 10.1. The fourth-order valence-corrected chi connectivity index (χ4v) is 3.69. The van der Waals surface area contributed by atoms with Gasteiger partial charge in [0, 0.05) is 25.7 Å². The van der Waals surface area contributed by atoms with E-state index in [2.05, 4.69) is 10.2 Å². The Morgan fingerprint density at radius 3 is 2.33 bits per heavy atom. The number of hydrogen-bond acceptors (Lipinski definition) is 10. The molecule has 33 heavy (non-hydrogen) atoms. The highest BCUT2D eigenvalue weighted by atomic mass is 16.6. The van der Waals surface area contributed by atoms with E-state index in [-0.39, 0.29) is 23.8 Å². The van der Waals surface area contributed by atoms with Gasteiger partial charge in [0.05, 0.1) is 55.0 Å². The summed E-state index contributed by atoms with van der Waals surface area (Å²) in [4.78, 5) is 35.9. The number of ether oxygens (including phenoxy) is 3. The zero-order valence-electron chi connectivity index (χ0n) is 18.2. The van der Waals surface area contributed by atoms with Crippen LogP contribution in [0, 0.1) is 20.2 Å². The fraction of sp³-hybridized carbons (Fsp3) is 0.381. The van der Waals surface area contributed by atoms with Gasteiger partial charge in [-0.1, -0.05) is 12.1 Å². The molecule has 0 spiro atoms. The molecule has 1 aliphatic rings. The third-order valence-corrected chi connectivity index (χ3v) is 5.37. The second-order valence-electron chi connectivity index (χ2n) is 7.21. The molecule has 1 N–H and O–H groups in total. The molecule has 12 heteroatoms. The van der Waals surface area contributed by atoms with Crippen LogP contribution < -0.4 is 10.1 Å². The van der Waals surface area contributed by atoms with E-state index < -0.39 is 27.2 Å². The molecule has 0 aliphatic carbocycles. The Morgan fingerprint density at radius 2 is 1.79 bits per heavy atom. The number of non-ortho nitro benzene ring substituents is 1. The summed E-state index contributed by atoms with van der Waals surface area (Å²) in [5.41, 5.74) is -0.653. The van der Waals surface area contributed by atoms with Crippen LogP contribution >= 0.6 is 0 Å². The highest BCUT2D eigenvalue weighted by molar-refractivity contribution is 5.99. The third kappa shape index (κ3) is 5.54. The van der Waals surface area contributed by atoms with Gasteiger partial charge < -0.3 is 19.5 Å². The fourth-order valence-electron chi connectivity index (χ4n) is 3.69. The summed E-state index contributed by atoms with van der Waals surface area (Å²) in [6.45, 7) is 2.56. The standard InChI is InChI=1S/C21H24N4O8/c1-31-16-5-3-14(4-6-16)19(23-7-9-33-10-8-23)13-22-20-17(21(26)32-2)11-15(24(27)28)12-18(20)25(29)30/h3-6,11-12,19,22H,7-10,13H2,1-2H3. The summed E-state index contributed by atoms with van der Waals surface area (Å²) >= 11 is 0. The van der Waals surface area contributed by atoms with Crippen LogP contribution in [0.25, 0.3) is 0 Å². The number of benzene rings is 2. The average molecular weight is 460 g/mol. The van der Waals surface area contributed by atoms with Crippen molar-refractivity contribution in [3.05, 3.63) is 67.8 Å². The number of anilines is 1. The van der Waals surface area contributed by atoms with Crippen molar-refractivity contribution in [2.45, 2.75) is 6.04 Å². The number of rotatable bonds is 9. The largest absolute Gasteiger partial charge is 0.497 e. The molecule has 0 aromatic heterocycles. The van der Waals surface area contributed by atoms with Gasteiger partial charge in [0.2, 0.25) is 0 Å². The Morgan fingerprint density at radius 1 is 1.12 bits per heavy atom. The molecule has 0 amide bonds. The van der Waals surface area contributed by atoms with Crippen LogP contribution in [-0.4, -0.2) is 67.8 Å². The molecule has 2 aromatic rings. The van der Waals surface area contributed by atoms with Gasteiger partial charge in [0.25, 0.3) is 11.4 Å². The summed E-state index contributed by atoms with van der Waals surface area (Å²) in [5.74, 6) is -0.233. The van der Waals surface area contributed by atoms with Gasteiger partial charge in [0.15, 0.2) is 0 Å². The van der Waals surface area contributed by atoms with E-state index >= 15 is 0 Å². The van der Waals surface area contributed by atoms with Crippen molar-refractivity contribution in [3.63, 3.8) is 0 Å². The highest BCUT2D eigenvalue weighted by Gasteiger charge is 2.30. The molecule has 1 atom stereocenters. The number of carbonyl (C=O) groups is 1. The van der Waals surface area contributed by atoms with Crippen LogP contribution in [0.15, 0.2) is 36.4 Å². The average Bonchev–Trinajstić information content (AvgIpc) is 2.84. The van der Waals surface area contributed by atoms with Crippen molar-refractivity contribution in [2.24, 2.45) is 0 Å². The van der Waals surface area contributed by atoms with Gasteiger partial charge in [-0.3, -0.25) is 25.1 Å². The predicted octanol–water partition coefficient (Wildman–Crippen LogP) is 2.78. The monoisotopic (exact) mass is 460 g/mol. The number of nitro benzene ring substituents is 2. The molecule has 1 fully saturated rings. The molecule has 2 aromatic carbocycles. The van der Waals surface area contributed by atoms with Crippen molar-refractivity contribution in [1.29, 1.82) is 0 Å². The summed E-state index contributed by atoms with van der Waals surface area (Å²) < 4.78 is 15.4. The molecule has 1 saturated heterocycles. The number of morpholine rings is 1. The molecular formula is C21H24N4O8. The SMILES string of the molecule is COC(=O)c1cc([N+](=O)[O-])cc([N+](=O)[O-])c1NCC(c1ccc(OC)cc1)N1CCOCC1. The van der Waals surface area contributed by atoms with Gasteiger partial charge in [-0.25, -0.2) is 4.79 Å². The van der Waals surface area contributed by atoms with E-state index in [1.807, 2.05) is 24.3 Å². The molecular weight excluding hydrogens is 436 g/mol. The van der Waals surface area contributed by atoms with E-state index in [1.54, 1.807) is 7.11 Å². The second kappa shape index (κ2) is 10.7. The number of esters is 1. The number of nitrogens with one attached hydrogen (secondary N) is 1. The van der Waals surface area contributed by atoms with Crippen LogP contribution in [0.2, 0.25) is 0 Å². The minimum Gasteiger partial charge on any atom is -0.497 e. The molecule has 12 nitrogen and oxygen atoms in total. The van der Waals surface area contributed by atoms with Crippen molar-refractivity contribution in [1.82, 2.24) is 4.90 Å². The first kappa shape index (κ1) is 23.9. The van der Waals surface area contributed by atoms with Crippen LogP contribution in [0.4, 0.5) is 17.1 Å². The topological polar surface area (TPSA) is 146 Å². The number of nitrogens with zero attached hydrogens (tertiary/aromatic N) is 3. The number of methoxy groups -OCH3 is 2. The lowest BCUT2D eigenvalue weighted by atomic mass is 10.0. The molecule has 0 bridgehead atoms. The Hall–Kier alpha value is -3.77. The number of nitro groups is 2. The molecule has 176 valence electrons. The zero-order chi connectivity index (χ0) is 24.0. The Balaban J connectivity index is 1.99. The second-order valence-corrected chi connectivity index (χ2v) is 7.21. The van der Waals surface area contributed by atoms with E-state index in [0.717, 1.165) is 24.8 Å². The molecule has 3 rings (SSSR count). The summed E-state index contributed by atoms with van der Waals surface area (Å²) in [5, 5.41) is 25.9. The van der Waals surface area contributed by atoms with Crippen LogP contribution in [0.1, 0.15) is 22.0 Å². The lowest BCUT2D eigenvalue weighted by Gasteiger charge is -2.35. The van der Waals surface area contributed by atoms with Crippen molar-refractivity contribution in [3.8, 4) is 5.75 Å². The molecule has 0 radical (unpaired) electrons. The zero-order valence-corrected chi connectivity index (χ0v) is 18.2. The maximum atomic E-state index is 12.3. The number of carbonyl (C=O) groups excluding carboxylic acids is 1. The lowest BCUT2D eigenvalue weighted by Crippen LogP contribution is -2.41. The third-order valence-electron chi connectivity index (χ3n) is 5.37. The molecule has 1 aliphatic heterocycles. The van der Waals surface area contributed by atoms with E-state index in [0.29, 0.717) is 32.1 Å². The Bertz CT molecular complexity index is 1020. The first-order valence-electron chi connectivity index (χ1n) is 10.1. The highest BCUT2D eigenvalue weighted by Crippen LogP contribution is 2.35. The van der Waals surface area contributed by atoms with Crippen molar-refractivity contribution < 1.29 is 28.9 Å². The number of hydrogen-bond donors (Lipinski definition) is 1. The first-order chi connectivity index (χ1) is 15.8. The van der Waals surface area contributed by atoms with Gasteiger partial charge in [-0.05, 0) is 17.7 Å². The van der Waals surface area contributed by atoms with Crippen molar-refractivity contribution >= 4 is 23.0 Å². The van der Waals surface area contributed by atoms with E-state index in [9.17, 15) is 25.0 Å². The van der Waals surface area contributed by atoms with Gasteiger partial charge in [0.1, 0.15) is 11.4 Å². The summed E-state index contributed by atoms with van der Waals surface area (Å²) in [7, 11) is 2.67. The van der Waals surface area contributed by atoms with Gasteiger partial charge in [-0.2, -0.15) is 0 Å². The van der Waals surface area contributed by atoms with Crippen LogP contribution in [0.5, 0.6) is 5.75 Å². The van der Waals surface area contributed by atoms with E-state index in [4.69, 9.17) is 14.2 Å². The Kier molecular flexibility index (Phi) is 7.74. The van der Waals surface area contributed by atoms with Gasteiger partial charge >= 0.3 is 5.97 Å². The van der Waals surface area contributed by atoms with Crippen LogP contribution in [0.3, 0.4) is 0 Å².